The van der Waals surface area contributed by atoms with Gasteiger partial charge in [-0.1, -0.05) is 137 Å². The monoisotopic (exact) mass is 548 g/mol. The van der Waals surface area contributed by atoms with Gasteiger partial charge in [0.2, 0.25) is 0 Å². The van der Waals surface area contributed by atoms with Crippen LogP contribution in [0.15, 0.2) is 91.0 Å². The number of hydrogen-bond acceptors (Lipinski definition) is 1. The molecule has 6 rings (SSSR count). The van der Waals surface area contributed by atoms with Gasteiger partial charge in [-0.2, -0.15) is 0 Å². The number of aryl methyl sites for hydroxylation is 1. The Morgan fingerprint density at radius 3 is 2.17 bits per heavy atom. The second-order valence-electron chi connectivity index (χ2n) is 11.4. The van der Waals surface area contributed by atoms with Crippen LogP contribution < -0.4 is 0 Å². The molecule has 0 aromatic heterocycles. The predicted molar refractivity (Wildman–Crippen MR) is 174 cm³/mol. The van der Waals surface area contributed by atoms with Crippen LogP contribution in [0.2, 0.25) is 0 Å². The molecule has 0 heterocycles. The van der Waals surface area contributed by atoms with Gasteiger partial charge in [0.1, 0.15) is 0 Å². The lowest BCUT2D eigenvalue weighted by Crippen LogP contribution is -2.14. The first-order valence-corrected chi connectivity index (χ1v) is 15.6. The quantitative estimate of drug-likeness (QED) is 0.102. The third-order valence-electron chi connectivity index (χ3n) is 8.64. The maximum atomic E-state index is 10.9. The normalized spacial score (nSPS) is 14.6. The fraction of sp³-hybridized carbons (Fsp3) is 0.342. The average Bonchev–Trinajstić information content (AvgIpc) is 3.00. The highest BCUT2D eigenvalue weighted by atomic mass is 35.5. The minimum Gasteiger partial charge on any atom is -0.276 e. The van der Waals surface area contributed by atoms with E-state index in [9.17, 15) is 4.79 Å². The van der Waals surface area contributed by atoms with Crippen LogP contribution in [-0.2, 0) is 12.8 Å². The highest BCUT2D eigenvalue weighted by Crippen LogP contribution is 2.36. The maximum Gasteiger partial charge on any atom is 0.252 e. The standard InChI is InChI=1S/C27H34.C11H7ClO/c1-2-3-4-5-6-7-8-11-21-14-17-25-23(20-21)16-19-26-24-13-10-9-12-22(24)15-18-27(25)26;12-11(13)10-6-5-8-3-1-2-4-9(8)7-10/h9-10,12-13,15-16,18-19,21H,2-8,11,14,17,20H2,1H3;1-7H. The molecular weight excluding hydrogens is 508 g/mol. The van der Waals surface area contributed by atoms with E-state index in [1.807, 2.05) is 30.3 Å². The Morgan fingerprint density at radius 2 is 1.38 bits per heavy atom. The van der Waals surface area contributed by atoms with Gasteiger partial charge >= 0.3 is 0 Å². The van der Waals surface area contributed by atoms with Crippen LogP contribution in [0, 0.1) is 5.92 Å². The minimum absolute atomic E-state index is 0.411. The zero-order valence-electron chi connectivity index (χ0n) is 23.8. The van der Waals surface area contributed by atoms with Crippen LogP contribution in [0.4, 0.5) is 0 Å². The predicted octanol–water partition coefficient (Wildman–Crippen LogP) is 11.5. The molecule has 0 bridgehead atoms. The molecule has 1 unspecified atom stereocenters. The molecule has 0 fully saturated rings. The number of carbonyl (C=O) groups excluding carboxylic acids is 1. The number of hydrogen-bond donors (Lipinski definition) is 0. The highest BCUT2D eigenvalue weighted by Gasteiger charge is 2.20. The van der Waals surface area contributed by atoms with Gasteiger partial charge in [0, 0.05) is 5.56 Å². The number of unbranched alkanes of at least 4 members (excludes halogenated alkanes) is 6. The fourth-order valence-electron chi connectivity index (χ4n) is 6.39. The van der Waals surface area contributed by atoms with E-state index in [0.717, 1.165) is 16.7 Å². The smallest absolute Gasteiger partial charge is 0.252 e. The van der Waals surface area contributed by atoms with E-state index in [4.69, 9.17) is 11.6 Å². The van der Waals surface area contributed by atoms with Crippen molar-refractivity contribution in [3.8, 4) is 0 Å². The molecule has 0 saturated heterocycles. The summed E-state index contributed by atoms with van der Waals surface area (Å²) in [5.41, 5.74) is 3.80. The number of halogens is 1. The first kappa shape index (κ1) is 28.4. The zero-order chi connectivity index (χ0) is 27.7. The third-order valence-corrected chi connectivity index (χ3v) is 8.86. The van der Waals surface area contributed by atoms with E-state index in [-0.39, 0.29) is 0 Å². The van der Waals surface area contributed by atoms with Gasteiger partial charge in [-0.25, -0.2) is 0 Å². The first-order valence-electron chi connectivity index (χ1n) is 15.2. The molecule has 0 saturated carbocycles. The van der Waals surface area contributed by atoms with E-state index in [1.165, 1.54) is 92.2 Å². The second-order valence-corrected chi connectivity index (χ2v) is 11.8. The van der Waals surface area contributed by atoms with Crippen molar-refractivity contribution in [1.29, 1.82) is 0 Å². The van der Waals surface area contributed by atoms with Gasteiger partial charge in [0.15, 0.2) is 0 Å². The minimum atomic E-state index is -0.411. The van der Waals surface area contributed by atoms with Crippen molar-refractivity contribution in [2.45, 2.75) is 77.6 Å². The molecule has 0 N–H and O–H groups in total. The number of benzene rings is 5. The van der Waals surface area contributed by atoms with Crippen molar-refractivity contribution in [2.75, 3.05) is 0 Å². The Labute approximate surface area is 244 Å². The van der Waals surface area contributed by atoms with Gasteiger partial charge < -0.3 is 0 Å². The van der Waals surface area contributed by atoms with Crippen molar-refractivity contribution in [1.82, 2.24) is 0 Å². The summed E-state index contributed by atoms with van der Waals surface area (Å²) in [6.07, 6.45) is 15.4. The summed E-state index contributed by atoms with van der Waals surface area (Å²) >= 11 is 5.36. The van der Waals surface area contributed by atoms with Gasteiger partial charge in [0.05, 0.1) is 0 Å². The van der Waals surface area contributed by atoms with Crippen LogP contribution in [0.3, 0.4) is 0 Å². The Morgan fingerprint density at radius 1 is 0.700 bits per heavy atom. The molecule has 206 valence electrons. The number of rotatable bonds is 9. The van der Waals surface area contributed by atoms with E-state index in [0.29, 0.717) is 5.56 Å². The molecular formula is C38H41ClO. The first-order chi connectivity index (χ1) is 19.6. The molecule has 5 aromatic rings. The van der Waals surface area contributed by atoms with Gasteiger partial charge in [-0.15, -0.1) is 0 Å². The van der Waals surface area contributed by atoms with Gasteiger partial charge in [0.25, 0.3) is 5.24 Å². The van der Waals surface area contributed by atoms with Crippen LogP contribution in [0.5, 0.6) is 0 Å². The summed E-state index contributed by atoms with van der Waals surface area (Å²) in [5.74, 6) is 0.908. The molecule has 1 aliphatic rings. The van der Waals surface area contributed by atoms with Gasteiger partial charge in [-0.3, -0.25) is 4.79 Å². The average molecular weight is 549 g/mol. The molecule has 0 amide bonds. The second kappa shape index (κ2) is 14.0. The summed E-state index contributed by atoms with van der Waals surface area (Å²) < 4.78 is 0. The van der Waals surface area contributed by atoms with Crippen LogP contribution in [0.1, 0.15) is 86.2 Å². The summed E-state index contributed by atoms with van der Waals surface area (Å²) in [4.78, 5) is 10.9. The Balaban J connectivity index is 0.000000207. The lowest BCUT2D eigenvalue weighted by Gasteiger charge is -2.26. The molecule has 2 heteroatoms. The molecule has 0 aliphatic heterocycles. The molecule has 1 atom stereocenters. The fourth-order valence-corrected chi connectivity index (χ4v) is 6.51. The van der Waals surface area contributed by atoms with E-state index in [2.05, 4.69) is 55.5 Å². The van der Waals surface area contributed by atoms with E-state index >= 15 is 0 Å². The lowest BCUT2D eigenvalue weighted by molar-refractivity contribution is 0.108. The van der Waals surface area contributed by atoms with Crippen molar-refractivity contribution < 1.29 is 4.79 Å². The summed E-state index contributed by atoms with van der Waals surface area (Å²) in [6.45, 7) is 2.30. The van der Waals surface area contributed by atoms with E-state index < -0.39 is 5.24 Å². The number of fused-ring (bicyclic) bond motifs is 6. The summed E-state index contributed by atoms with van der Waals surface area (Å²) in [7, 11) is 0. The largest absolute Gasteiger partial charge is 0.276 e. The van der Waals surface area contributed by atoms with Crippen molar-refractivity contribution >= 4 is 49.2 Å². The molecule has 1 nitrogen and oxygen atoms in total. The SMILES string of the molecule is CCCCCCCCCC1CCc2c(ccc3c2ccc2ccccc23)C1.O=C(Cl)c1ccc2ccccc2c1. The van der Waals surface area contributed by atoms with Crippen LogP contribution in [0.25, 0.3) is 32.3 Å². The lowest BCUT2D eigenvalue weighted by atomic mass is 9.79. The third kappa shape index (κ3) is 6.94. The molecule has 0 radical (unpaired) electrons. The zero-order valence-corrected chi connectivity index (χ0v) is 24.6. The summed E-state index contributed by atoms with van der Waals surface area (Å²) in [5, 5.41) is 7.45. The van der Waals surface area contributed by atoms with Crippen molar-refractivity contribution in [2.24, 2.45) is 5.92 Å². The number of carbonyl (C=O) groups is 1. The van der Waals surface area contributed by atoms with Crippen molar-refractivity contribution in [3.63, 3.8) is 0 Å². The Kier molecular flexibility index (Phi) is 9.90. The van der Waals surface area contributed by atoms with E-state index in [1.54, 1.807) is 23.3 Å². The van der Waals surface area contributed by atoms with Crippen molar-refractivity contribution in [3.05, 3.63) is 108 Å². The van der Waals surface area contributed by atoms with Crippen LogP contribution >= 0.6 is 11.6 Å². The topological polar surface area (TPSA) is 17.1 Å². The Hall–Kier alpha value is -3.16. The molecule has 0 spiro atoms. The molecule has 1 aliphatic carbocycles. The highest BCUT2D eigenvalue weighted by molar-refractivity contribution is 6.67. The van der Waals surface area contributed by atoms with Crippen LogP contribution in [-0.4, -0.2) is 5.24 Å². The Bertz CT molecular complexity index is 1580. The molecule has 40 heavy (non-hydrogen) atoms. The molecule has 5 aromatic carbocycles. The summed E-state index contributed by atoms with van der Waals surface area (Å²) in [6, 6.07) is 31.6. The van der Waals surface area contributed by atoms with Gasteiger partial charge in [-0.05, 0) is 92.4 Å². The maximum absolute atomic E-state index is 10.9.